The molecular formula is C15H22O5. The molecule has 0 aromatic carbocycles. The fourth-order valence-corrected chi connectivity index (χ4v) is 5.92. The highest BCUT2D eigenvalue weighted by Gasteiger charge is 2.83. The largest absolute Gasteiger partial charge is 0.459 e. The second kappa shape index (κ2) is 3.76. The summed E-state index contributed by atoms with van der Waals surface area (Å²) in [6.45, 7) is 2.01. The van der Waals surface area contributed by atoms with Crippen LogP contribution in [0.5, 0.6) is 0 Å². The van der Waals surface area contributed by atoms with Crippen molar-refractivity contribution in [1.82, 2.24) is 0 Å². The van der Waals surface area contributed by atoms with Crippen molar-refractivity contribution in [3.05, 3.63) is 0 Å². The van der Waals surface area contributed by atoms with Gasteiger partial charge in [0.1, 0.15) is 6.10 Å². The standard InChI is InChI=1S/C15H22O5/c1-7(4-16)9-10-8-2-3-14(6-17)5-15(8,14)12(18)11(9)20-13(10)19/h7-12,16-18H,2-6H2,1H3/t7-,8-,9-,10-,11-,12+,14-,15-/m0/s1. The number of aliphatic hydroxyl groups is 3. The van der Waals surface area contributed by atoms with Crippen LogP contribution in [0.25, 0.3) is 0 Å². The molecule has 5 nitrogen and oxygen atoms in total. The Labute approximate surface area is 117 Å². The minimum absolute atomic E-state index is 0.00584. The summed E-state index contributed by atoms with van der Waals surface area (Å²) in [4.78, 5) is 12.3. The lowest BCUT2D eigenvalue weighted by Gasteiger charge is -2.43. The molecule has 3 saturated carbocycles. The maximum atomic E-state index is 12.3. The van der Waals surface area contributed by atoms with Crippen molar-refractivity contribution in [2.75, 3.05) is 13.2 Å². The van der Waals surface area contributed by atoms with E-state index in [1.165, 1.54) is 0 Å². The Bertz CT molecular complexity index is 465. The predicted molar refractivity (Wildman–Crippen MR) is 68.4 cm³/mol. The fourth-order valence-electron chi connectivity index (χ4n) is 5.92. The number of rotatable bonds is 3. The Morgan fingerprint density at radius 2 is 2.20 bits per heavy atom. The number of hydrogen-bond acceptors (Lipinski definition) is 5. The molecule has 0 unspecified atom stereocenters. The van der Waals surface area contributed by atoms with E-state index in [9.17, 15) is 20.1 Å². The summed E-state index contributed by atoms with van der Waals surface area (Å²) in [6, 6.07) is 0. The van der Waals surface area contributed by atoms with Crippen LogP contribution in [0.15, 0.2) is 0 Å². The van der Waals surface area contributed by atoms with Gasteiger partial charge in [0.15, 0.2) is 0 Å². The summed E-state index contributed by atoms with van der Waals surface area (Å²) < 4.78 is 5.47. The molecule has 3 N–H and O–H groups in total. The average molecular weight is 282 g/mol. The average Bonchev–Trinajstić information content (AvgIpc) is 2.87. The van der Waals surface area contributed by atoms with Gasteiger partial charge < -0.3 is 20.1 Å². The Kier molecular flexibility index (Phi) is 2.45. The van der Waals surface area contributed by atoms with Crippen LogP contribution in [0.1, 0.15) is 26.2 Å². The third kappa shape index (κ3) is 1.16. The van der Waals surface area contributed by atoms with Crippen molar-refractivity contribution in [3.8, 4) is 0 Å². The molecule has 4 rings (SSSR count). The van der Waals surface area contributed by atoms with E-state index in [2.05, 4.69) is 0 Å². The van der Waals surface area contributed by atoms with Crippen molar-refractivity contribution >= 4 is 5.97 Å². The number of esters is 1. The van der Waals surface area contributed by atoms with Crippen molar-refractivity contribution in [2.24, 2.45) is 34.5 Å². The van der Waals surface area contributed by atoms with Crippen LogP contribution in [-0.4, -0.2) is 46.7 Å². The molecule has 0 aromatic heterocycles. The van der Waals surface area contributed by atoms with Gasteiger partial charge in [0.05, 0.1) is 12.0 Å². The Hall–Kier alpha value is -0.650. The SMILES string of the molecule is C[C@@H](CO)[C@@H]1[C@@H]2OC(=O)[C@H]1[C@@H]1CC[C@@]3(CO)C[C@@]13[C@@H]2O. The van der Waals surface area contributed by atoms with Crippen LogP contribution < -0.4 is 0 Å². The third-order valence-electron chi connectivity index (χ3n) is 6.93. The van der Waals surface area contributed by atoms with Gasteiger partial charge in [0.25, 0.3) is 0 Å². The maximum Gasteiger partial charge on any atom is 0.310 e. The molecule has 1 heterocycles. The number of hydrogen-bond donors (Lipinski definition) is 3. The number of aliphatic hydroxyl groups excluding tert-OH is 3. The molecule has 1 saturated heterocycles. The quantitative estimate of drug-likeness (QED) is 0.631. The lowest BCUT2D eigenvalue weighted by molar-refractivity contribution is -0.147. The van der Waals surface area contributed by atoms with E-state index in [1.807, 2.05) is 6.92 Å². The van der Waals surface area contributed by atoms with Crippen molar-refractivity contribution in [2.45, 2.75) is 38.4 Å². The van der Waals surface area contributed by atoms with Gasteiger partial charge >= 0.3 is 5.97 Å². The maximum absolute atomic E-state index is 12.3. The first kappa shape index (κ1) is 13.0. The van der Waals surface area contributed by atoms with Gasteiger partial charge in [-0.25, -0.2) is 0 Å². The van der Waals surface area contributed by atoms with E-state index in [0.717, 1.165) is 19.3 Å². The van der Waals surface area contributed by atoms with Gasteiger partial charge in [0.2, 0.25) is 0 Å². The van der Waals surface area contributed by atoms with E-state index in [0.29, 0.717) is 0 Å². The number of carbonyl (C=O) groups is 1. The first-order valence-corrected chi connectivity index (χ1v) is 7.63. The van der Waals surface area contributed by atoms with Gasteiger partial charge in [0, 0.05) is 30.0 Å². The van der Waals surface area contributed by atoms with Crippen LogP contribution in [0.2, 0.25) is 0 Å². The highest BCUT2D eigenvalue weighted by Crippen LogP contribution is 2.81. The van der Waals surface area contributed by atoms with Crippen LogP contribution in [-0.2, 0) is 9.53 Å². The molecule has 2 bridgehead atoms. The van der Waals surface area contributed by atoms with Crippen LogP contribution in [0.4, 0.5) is 0 Å². The molecule has 112 valence electrons. The zero-order valence-corrected chi connectivity index (χ0v) is 11.7. The summed E-state index contributed by atoms with van der Waals surface area (Å²) >= 11 is 0. The summed E-state index contributed by atoms with van der Waals surface area (Å²) in [5.41, 5.74) is -0.496. The Balaban J connectivity index is 1.76. The Morgan fingerprint density at radius 3 is 2.80 bits per heavy atom. The highest BCUT2D eigenvalue weighted by molar-refractivity contribution is 5.77. The lowest BCUT2D eigenvalue weighted by Crippen LogP contribution is -2.52. The second-order valence-electron chi connectivity index (χ2n) is 7.41. The van der Waals surface area contributed by atoms with Crippen molar-refractivity contribution in [1.29, 1.82) is 0 Å². The minimum atomic E-state index is -0.691. The normalized spacial score (nSPS) is 57.0. The Morgan fingerprint density at radius 1 is 1.45 bits per heavy atom. The van der Waals surface area contributed by atoms with Gasteiger partial charge in [-0.05, 0) is 31.1 Å². The molecule has 4 fully saturated rings. The van der Waals surface area contributed by atoms with Crippen LogP contribution >= 0.6 is 0 Å². The summed E-state index contributed by atoms with van der Waals surface area (Å²) in [5, 5.41) is 30.0. The van der Waals surface area contributed by atoms with E-state index < -0.39 is 12.2 Å². The molecule has 3 aliphatic carbocycles. The predicted octanol–water partition coefficient (Wildman–Crippen LogP) is -0.0741. The zero-order valence-electron chi connectivity index (χ0n) is 11.7. The van der Waals surface area contributed by atoms with Crippen molar-refractivity contribution < 1.29 is 24.9 Å². The molecule has 1 aliphatic heterocycles. The molecular weight excluding hydrogens is 260 g/mol. The van der Waals surface area contributed by atoms with E-state index in [4.69, 9.17) is 4.74 Å². The summed E-state index contributed by atoms with van der Waals surface area (Å²) in [7, 11) is 0. The zero-order chi connectivity index (χ0) is 14.3. The molecule has 20 heavy (non-hydrogen) atoms. The summed E-state index contributed by atoms with van der Waals surface area (Å²) in [5.74, 6) is -0.446. The molecule has 0 aromatic rings. The van der Waals surface area contributed by atoms with Gasteiger partial charge in [-0.3, -0.25) is 4.79 Å². The number of ether oxygens (including phenoxy) is 1. The van der Waals surface area contributed by atoms with Gasteiger partial charge in [-0.15, -0.1) is 0 Å². The molecule has 8 atom stereocenters. The van der Waals surface area contributed by atoms with Crippen molar-refractivity contribution in [3.63, 3.8) is 0 Å². The van der Waals surface area contributed by atoms with Gasteiger partial charge in [-0.2, -0.15) is 0 Å². The number of fused-ring (bicyclic) bond motifs is 3. The molecule has 1 spiro atoms. The highest BCUT2D eigenvalue weighted by atomic mass is 16.6. The first-order chi connectivity index (χ1) is 9.52. The molecule has 4 aliphatic rings. The first-order valence-electron chi connectivity index (χ1n) is 7.63. The molecule has 5 heteroatoms. The van der Waals surface area contributed by atoms with Crippen LogP contribution in [0.3, 0.4) is 0 Å². The van der Waals surface area contributed by atoms with E-state index >= 15 is 0 Å². The van der Waals surface area contributed by atoms with E-state index in [-0.39, 0.29) is 53.7 Å². The monoisotopic (exact) mass is 282 g/mol. The lowest BCUT2D eigenvalue weighted by atomic mass is 9.60. The molecule has 0 radical (unpaired) electrons. The topological polar surface area (TPSA) is 87.0 Å². The smallest absolute Gasteiger partial charge is 0.310 e. The molecule has 0 amide bonds. The van der Waals surface area contributed by atoms with Gasteiger partial charge in [-0.1, -0.05) is 6.92 Å². The second-order valence-corrected chi connectivity index (χ2v) is 7.41. The van der Waals surface area contributed by atoms with Crippen LogP contribution in [0, 0.1) is 34.5 Å². The third-order valence-corrected chi connectivity index (χ3v) is 6.93. The fraction of sp³-hybridized carbons (Fsp3) is 0.933. The van der Waals surface area contributed by atoms with E-state index in [1.54, 1.807) is 0 Å². The minimum Gasteiger partial charge on any atom is -0.459 e. The number of carbonyl (C=O) groups excluding carboxylic acids is 1. The summed E-state index contributed by atoms with van der Waals surface area (Å²) in [6.07, 6.45) is 1.38.